The maximum absolute atomic E-state index is 12.9. The van der Waals surface area contributed by atoms with E-state index in [0.717, 1.165) is 15.8 Å². The van der Waals surface area contributed by atoms with Gasteiger partial charge >= 0.3 is 0 Å². The van der Waals surface area contributed by atoms with Gasteiger partial charge in [-0.2, -0.15) is 0 Å². The molecule has 0 unspecified atom stereocenters. The van der Waals surface area contributed by atoms with E-state index in [1.165, 1.54) is 12.1 Å². The summed E-state index contributed by atoms with van der Waals surface area (Å²) in [5.41, 5.74) is 7.84. The van der Waals surface area contributed by atoms with Crippen LogP contribution in [0.1, 0.15) is 5.56 Å². The van der Waals surface area contributed by atoms with Crippen molar-refractivity contribution in [3.05, 3.63) is 58.3 Å². The van der Waals surface area contributed by atoms with Crippen molar-refractivity contribution in [3.8, 4) is 0 Å². The lowest BCUT2D eigenvalue weighted by molar-refractivity contribution is 0.628. The Hall–Kier alpha value is -1.88. The van der Waals surface area contributed by atoms with Crippen LogP contribution in [-0.2, 0) is 0 Å². The fourth-order valence-electron chi connectivity index (χ4n) is 1.82. The molecule has 0 heterocycles. The van der Waals surface area contributed by atoms with Gasteiger partial charge in [0.05, 0.1) is 5.69 Å². The molecular formula is C14H13BrFN3. The Bertz CT molecular complexity index is 611. The summed E-state index contributed by atoms with van der Waals surface area (Å²) in [4.78, 5) is 1.86. The normalized spacial score (nSPS) is 10.3. The molecule has 0 aromatic heterocycles. The molecule has 3 nitrogen and oxygen atoms in total. The highest BCUT2D eigenvalue weighted by molar-refractivity contribution is 9.10. The average Bonchev–Trinajstić information content (AvgIpc) is 2.38. The molecule has 0 fully saturated rings. The van der Waals surface area contributed by atoms with Crippen LogP contribution in [0.25, 0.3) is 0 Å². The Labute approximate surface area is 119 Å². The molecule has 2 aromatic rings. The van der Waals surface area contributed by atoms with Gasteiger partial charge in [0, 0.05) is 22.8 Å². The lowest BCUT2D eigenvalue weighted by Gasteiger charge is -2.22. The second-order valence-electron chi connectivity index (χ2n) is 4.11. The van der Waals surface area contributed by atoms with Crippen LogP contribution in [0.4, 0.5) is 15.8 Å². The third kappa shape index (κ3) is 2.93. The Morgan fingerprint density at radius 3 is 2.42 bits per heavy atom. The van der Waals surface area contributed by atoms with Crippen molar-refractivity contribution in [2.24, 2.45) is 5.73 Å². The van der Waals surface area contributed by atoms with E-state index < -0.39 is 0 Å². The van der Waals surface area contributed by atoms with Crippen molar-refractivity contribution < 1.29 is 4.39 Å². The minimum atomic E-state index is -0.278. The molecule has 2 rings (SSSR count). The van der Waals surface area contributed by atoms with Crippen LogP contribution < -0.4 is 10.6 Å². The standard InChI is InChI=1S/C14H13BrFN3/c1-19(11-5-3-10(16)4-6-11)13-7-2-9(15)8-12(13)14(17)18/h2-8H,1H3,(H3,17,18). The number of hydrogen-bond acceptors (Lipinski definition) is 2. The van der Waals surface area contributed by atoms with Crippen LogP contribution in [0.2, 0.25) is 0 Å². The van der Waals surface area contributed by atoms with Gasteiger partial charge in [0.15, 0.2) is 0 Å². The molecule has 19 heavy (non-hydrogen) atoms. The van der Waals surface area contributed by atoms with Gasteiger partial charge in [-0.1, -0.05) is 15.9 Å². The van der Waals surface area contributed by atoms with E-state index in [-0.39, 0.29) is 11.7 Å². The first kappa shape index (κ1) is 13.5. The number of halogens is 2. The summed E-state index contributed by atoms with van der Waals surface area (Å²) < 4.78 is 13.8. The van der Waals surface area contributed by atoms with Crippen LogP contribution in [0, 0.1) is 11.2 Å². The first-order valence-electron chi connectivity index (χ1n) is 5.62. The van der Waals surface area contributed by atoms with Crippen molar-refractivity contribution in [2.75, 3.05) is 11.9 Å². The highest BCUT2D eigenvalue weighted by Gasteiger charge is 2.12. The highest BCUT2D eigenvalue weighted by atomic mass is 79.9. The van der Waals surface area contributed by atoms with Crippen molar-refractivity contribution in [2.45, 2.75) is 0 Å². The summed E-state index contributed by atoms with van der Waals surface area (Å²) in [7, 11) is 1.85. The highest BCUT2D eigenvalue weighted by Crippen LogP contribution is 2.29. The number of anilines is 2. The van der Waals surface area contributed by atoms with Crippen LogP contribution in [0.3, 0.4) is 0 Å². The lowest BCUT2D eigenvalue weighted by atomic mass is 10.1. The van der Waals surface area contributed by atoms with E-state index in [2.05, 4.69) is 15.9 Å². The van der Waals surface area contributed by atoms with Gasteiger partial charge in [0.2, 0.25) is 0 Å². The molecule has 0 spiro atoms. The molecule has 0 saturated heterocycles. The monoisotopic (exact) mass is 321 g/mol. The SMILES string of the molecule is CN(c1ccc(F)cc1)c1ccc(Br)cc1C(=N)N. The first-order valence-corrected chi connectivity index (χ1v) is 6.41. The van der Waals surface area contributed by atoms with E-state index in [9.17, 15) is 4.39 Å². The number of benzene rings is 2. The van der Waals surface area contributed by atoms with Gasteiger partial charge in [0.1, 0.15) is 11.7 Å². The smallest absolute Gasteiger partial charge is 0.124 e. The maximum atomic E-state index is 12.9. The second-order valence-corrected chi connectivity index (χ2v) is 5.03. The molecule has 98 valence electrons. The molecule has 3 N–H and O–H groups in total. The number of amidine groups is 1. The molecule has 0 aliphatic rings. The zero-order valence-corrected chi connectivity index (χ0v) is 11.9. The summed E-state index contributed by atoms with van der Waals surface area (Å²) in [5.74, 6) is -0.287. The summed E-state index contributed by atoms with van der Waals surface area (Å²) >= 11 is 3.36. The van der Waals surface area contributed by atoms with Crippen LogP contribution in [0.15, 0.2) is 46.9 Å². The molecule has 0 atom stereocenters. The number of rotatable bonds is 3. The lowest BCUT2D eigenvalue weighted by Crippen LogP contribution is -2.18. The number of nitrogen functional groups attached to an aromatic ring is 1. The van der Waals surface area contributed by atoms with Crippen LogP contribution in [-0.4, -0.2) is 12.9 Å². The Kier molecular flexibility index (Phi) is 3.85. The van der Waals surface area contributed by atoms with Crippen LogP contribution >= 0.6 is 15.9 Å². The number of nitrogens with two attached hydrogens (primary N) is 1. The zero-order valence-electron chi connectivity index (χ0n) is 10.3. The summed E-state index contributed by atoms with van der Waals surface area (Å²) in [5, 5.41) is 7.63. The largest absolute Gasteiger partial charge is 0.384 e. The summed E-state index contributed by atoms with van der Waals surface area (Å²) in [6, 6.07) is 11.7. The van der Waals surface area contributed by atoms with E-state index in [1.807, 2.05) is 24.1 Å². The van der Waals surface area contributed by atoms with Gasteiger partial charge in [-0.25, -0.2) is 4.39 Å². The minimum Gasteiger partial charge on any atom is -0.384 e. The topological polar surface area (TPSA) is 53.1 Å². The van der Waals surface area contributed by atoms with Crippen molar-refractivity contribution in [1.29, 1.82) is 5.41 Å². The molecule has 0 saturated carbocycles. The van der Waals surface area contributed by atoms with Gasteiger partial charge in [-0.3, -0.25) is 5.41 Å². The second kappa shape index (κ2) is 5.40. The fourth-order valence-corrected chi connectivity index (χ4v) is 2.18. The predicted molar refractivity (Wildman–Crippen MR) is 79.6 cm³/mol. The molecule has 0 aliphatic carbocycles. The van der Waals surface area contributed by atoms with Crippen LogP contribution in [0.5, 0.6) is 0 Å². The van der Waals surface area contributed by atoms with Gasteiger partial charge in [-0.15, -0.1) is 0 Å². The van der Waals surface area contributed by atoms with Crippen molar-refractivity contribution in [1.82, 2.24) is 0 Å². The summed E-state index contributed by atoms with van der Waals surface area (Å²) in [6.45, 7) is 0. The Morgan fingerprint density at radius 1 is 1.21 bits per heavy atom. The molecule has 0 bridgehead atoms. The Morgan fingerprint density at radius 2 is 1.84 bits per heavy atom. The molecule has 0 aliphatic heterocycles. The minimum absolute atomic E-state index is 0.00902. The van der Waals surface area contributed by atoms with E-state index >= 15 is 0 Å². The predicted octanol–water partition coefficient (Wildman–Crippen LogP) is 3.64. The Balaban J connectivity index is 2.46. The molecule has 2 aromatic carbocycles. The third-order valence-electron chi connectivity index (χ3n) is 2.82. The fraction of sp³-hybridized carbons (Fsp3) is 0.0714. The molecular weight excluding hydrogens is 309 g/mol. The van der Waals surface area contributed by atoms with Crippen molar-refractivity contribution in [3.63, 3.8) is 0 Å². The van der Waals surface area contributed by atoms with Gasteiger partial charge in [0.25, 0.3) is 0 Å². The number of nitrogens with one attached hydrogen (secondary N) is 1. The quantitative estimate of drug-likeness (QED) is 0.669. The molecule has 5 heteroatoms. The molecule has 0 amide bonds. The zero-order chi connectivity index (χ0) is 14.0. The van der Waals surface area contributed by atoms with Crippen molar-refractivity contribution >= 4 is 33.1 Å². The maximum Gasteiger partial charge on any atom is 0.124 e. The third-order valence-corrected chi connectivity index (χ3v) is 3.32. The average molecular weight is 322 g/mol. The van der Waals surface area contributed by atoms with E-state index in [4.69, 9.17) is 11.1 Å². The van der Waals surface area contributed by atoms with E-state index in [1.54, 1.807) is 18.2 Å². The number of nitrogens with zero attached hydrogens (tertiary/aromatic N) is 1. The van der Waals surface area contributed by atoms with E-state index in [0.29, 0.717) is 5.56 Å². The van der Waals surface area contributed by atoms with Gasteiger partial charge in [-0.05, 0) is 42.5 Å². The van der Waals surface area contributed by atoms with Gasteiger partial charge < -0.3 is 10.6 Å². The molecule has 0 radical (unpaired) electrons. The first-order chi connectivity index (χ1) is 8.99. The summed E-state index contributed by atoms with van der Waals surface area (Å²) in [6.07, 6.45) is 0. The number of hydrogen-bond donors (Lipinski definition) is 2.